The lowest BCUT2D eigenvalue weighted by Crippen LogP contribution is -2.43. The molecule has 0 radical (unpaired) electrons. The minimum Gasteiger partial charge on any atom is -0.472 e. The Balaban J connectivity index is 1.64. The minimum absolute atomic E-state index is 0.204. The van der Waals surface area contributed by atoms with Gasteiger partial charge in [-0.15, -0.1) is 10.2 Å². The minimum atomic E-state index is -0.328. The molecule has 3 rings (SSSR count). The molecule has 0 saturated carbocycles. The topological polar surface area (TPSA) is 72.4 Å². The molecule has 0 aromatic carbocycles. The molecule has 1 fully saturated rings. The van der Waals surface area contributed by atoms with Gasteiger partial charge in [-0.3, -0.25) is 4.79 Å². The lowest BCUT2D eigenvalue weighted by Gasteiger charge is -2.34. The van der Waals surface area contributed by atoms with Crippen molar-refractivity contribution in [3.63, 3.8) is 0 Å². The predicted molar refractivity (Wildman–Crippen MR) is 80.0 cm³/mol. The first-order valence-corrected chi connectivity index (χ1v) is 7.60. The van der Waals surface area contributed by atoms with Gasteiger partial charge in [0, 0.05) is 24.4 Å². The van der Waals surface area contributed by atoms with Crippen LogP contribution in [0.3, 0.4) is 0 Å². The molecule has 0 spiro atoms. The van der Waals surface area contributed by atoms with Crippen LogP contribution < -0.4 is 0 Å². The highest BCUT2D eigenvalue weighted by Crippen LogP contribution is 2.31. The molecule has 0 N–H and O–H groups in total. The van der Waals surface area contributed by atoms with E-state index in [1.807, 2.05) is 25.7 Å². The molecule has 3 heterocycles. The molecule has 2 aromatic rings. The van der Waals surface area contributed by atoms with Crippen LogP contribution in [0.5, 0.6) is 0 Å². The largest absolute Gasteiger partial charge is 0.472 e. The smallest absolute Gasteiger partial charge is 0.250 e. The summed E-state index contributed by atoms with van der Waals surface area (Å²) in [6.45, 7) is 7.35. The van der Waals surface area contributed by atoms with Crippen LogP contribution in [0.15, 0.2) is 27.4 Å². The van der Waals surface area contributed by atoms with Gasteiger partial charge in [0.15, 0.2) is 0 Å². The molecule has 1 aliphatic rings. The average molecular weight is 303 g/mol. The first kappa shape index (κ1) is 14.8. The van der Waals surface area contributed by atoms with Crippen LogP contribution in [0.4, 0.5) is 0 Å². The summed E-state index contributed by atoms with van der Waals surface area (Å²) < 4.78 is 10.8. The Bertz CT molecular complexity index is 632. The van der Waals surface area contributed by atoms with Crippen LogP contribution in [0.25, 0.3) is 11.5 Å². The van der Waals surface area contributed by atoms with Gasteiger partial charge < -0.3 is 13.7 Å². The van der Waals surface area contributed by atoms with Crippen molar-refractivity contribution in [3.05, 3.63) is 24.5 Å². The number of likely N-dealkylation sites (tertiary alicyclic amines) is 1. The third-order valence-electron chi connectivity index (χ3n) is 3.98. The van der Waals surface area contributed by atoms with Crippen LogP contribution in [-0.2, 0) is 4.79 Å². The van der Waals surface area contributed by atoms with Crippen molar-refractivity contribution in [1.82, 2.24) is 15.1 Å². The monoisotopic (exact) mass is 303 g/mol. The number of carbonyl (C=O) groups is 1. The summed E-state index contributed by atoms with van der Waals surface area (Å²) in [5, 5.41) is 8.22. The highest BCUT2D eigenvalue weighted by molar-refractivity contribution is 5.81. The first-order chi connectivity index (χ1) is 10.4. The second kappa shape index (κ2) is 5.59. The summed E-state index contributed by atoms with van der Waals surface area (Å²) in [5.74, 6) is 1.56. The molecule has 1 aliphatic heterocycles. The Morgan fingerprint density at radius 1 is 1.27 bits per heavy atom. The van der Waals surface area contributed by atoms with Gasteiger partial charge in [-0.05, 0) is 18.9 Å². The second-order valence-corrected chi connectivity index (χ2v) is 6.77. The van der Waals surface area contributed by atoms with E-state index in [4.69, 9.17) is 8.83 Å². The summed E-state index contributed by atoms with van der Waals surface area (Å²) in [6.07, 6.45) is 4.88. The Hall–Kier alpha value is -2.11. The lowest BCUT2D eigenvalue weighted by atomic mass is 9.91. The molecule has 118 valence electrons. The van der Waals surface area contributed by atoms with Gasteiger partial charge in [-0.25, -0.2) is 0 Å². The lowest BCUT2D eigenvalue weighted by molar-refractivity contribution is -0.140. The number of aromatic nitrogens is 2. The zero-order valence-corrected chi connectivity index (χ0v) is 13.2. The van der Waals surface area contributed by atoms with Crippen molar-refractivity contribution in [2.45, 2.75) is 39.5 Å². The molecule has 1 saturated heterocycles. The zero-order valence-electron chi connectivity index (χ0n) is 13.2. The molecule has 2 aromatic heterocycles. The average Bonchev–Trinajstić information content (AvgIpc) is 3.16. The number of piperidine rings is 1. The quantitative estimate of drug-likeness (QED) is 0.852. The molecule has 0 aliphatic carbocycles. The molecule has 0 bridgehead atoms. The molecule has 0 unspecified atom stereocenters. The molecule has 6 nitrogen and oxygen atoms in total. The number of furan rings is 1. The maximum atomic E-state index is 12.3. The van der Waals surface area contributed by atoms with E-state index < -0.39 is 0 Å². The SMILES string of the molecule is CC(C)(C)C(=O)N1CCC(c2nnc(-c3ccoc3)o2)CC1. The number of hydrogen-bond donors (Lipinski definition) is 0. The maximum absolute atomic E-state index is 12.3. The molecule has 6 heteroatoms. The van der Waals surface area contributed by atoms with Gasteiger partial charge in [0.2, 0.25) is 11.8 Å². The highest BCUT2D eigenvalue weighted by atomic mass is 16.4. The molecule has 22 heavy (non-hydrogen) atoms. The third kappa shape index (κ3) is 2.91. The van der Waals surface area contributed by atoms with E-state index in [-0.39, 0.29) is 17.2 Å². The highest BCUT2D eigenvalue weighted by Gasteiger charge is 2.32. The van der Waals surface area contributed by atoms with Crippen LogP contribution in [-0.4, -0.2) is 34.1 Å². The van der Waals surface area contributed by atoms with Crippen molar-refractivity contribution in [2.75, 3.05) is 13.1 Å². The van der Waals surface area contributed by atoms with E-state index in [9.17, 15) is 4.79 Å². The molecule has 0 atom stereocenters. The van der Waals surface area contributed by atoms with Crippen molar-refractivity contribution in [1.29, 1.82) is 0 Å². The molecule has 1 amide bonds. The first-order valence-electron chi connectivity index (χ1n) is 7.60. The molecular formula is C16H21N3O3. The van der Waals surface area contributed by atoms with Crippen molar-refractivity contribution in [2.24, 2.45) is 5.41 Å². The second-order valence-electron chi connectivity index (χ2n) is 6.77. The Morgan fingerprint density at radius 2 is 2.00 bits per heavy atom. The summed E-state index contributed by atoms with van der Waals surface area (Å²) in [7, 11) is 0. The normalized spacial score (nSPS) is 17.0. The fourth-order valence-electron chi connectivity index (χ4n) is 2.71. The number of rotatable bonds is 2. The van der Waals surface area contributed by atoms with E-state index in [0.29, 0.717) is 11.8 Å². The summed E-state index contributed by atoms with van der Waals surface area (Å²) in [6, 6.07) is 1.79. The number of amides is 1. The van der Waals surface area contributed by atoms with Crippen molar-refractivity contribution < 1.29 is 13.6 Å². The van der Waals surface area contributed by atoms with Crippen LogP contribution in [0.1, 0.15) is 45.4 Å². The Morgan fingerprint density at radius 3 is 2.59 bits per heavy atom. The van der Waals surface area contributed by atoms with E-state index in [1.54, 1.807) is 18.6 Å². The van der Waals surface area contributed by atoms with E-state index in [2.05, 4.69) is 10.2 Å². The number of hydrogen-bond acceptors (Lipinski definition) is 5. The standard InChI is InChI=1S/C16H21N3O3/c1-16(2,3)15(20)19-7-4-11(5-8-19)13-17-18-14(22-13)12-6-9-21-10-12/h6,9-11H,4-5,7-8H2,1-3H3. The van der Waals surface area contributed by atoms with Gasteiger partial charge >= 0.3 is 0 Å². The van der Waals surface area contributed by atoms with Crippen LogP contribution in [0.2, 0.25) is 0 Å². The third-order valence-corrected chi connectivity index (χ3v) is 3.98. The summed E-state index contributed by atoms with van der Waals surface area (Å²) in [5.41, 5.74) is 0.463. The van der Waals surface area contributed by atoms with E-state index in [1.165, 1.54) is 0 Å². The number of carbonyl (C=O) groups excluding carboxylic acids is 1. The van der Waals surface area contributed by atoms with Crippen molar-refractivity contribution in [3.8, 4) is 11.5 Å². The van der Waals surface area contributed by atoms with Gasteiger partial charge in [-0.2, -0.15) is 0 Å². The van der Waals surface area contributed by atoms with Crippen LogP contribution in [0, 0.1) is 5.41 Å². The van der Waals surface area contributed by atoms with E-state index >= 15 is 0 Å². The fraction of sp³-hybridized carbons (Fsp3) is 0.562. The zero-order chi connectivity index (χ0) is 15.7. The van der Waals surface area contributed by atoms with Crippen LogP contribution >= 0.6 is 0 Å². The van der Waals surface area contributed by atoms with Gasteiger partial charge in [0.25, 0.3) is 5.89 Å². The van der Waals surface area contributed by atoms with Crippen molar-refractivity contribution >= 4 is 5.91 Å². The Kier molecular flexibility index (Phi) is 3.76. The Labute approximate surface area is 129 Å². The summed E-state index contributed by atoms with van der Waals surface area (Å²) in [4.78, 5) is 14.2. The van der Waals surface area contributed by atoms with E-state index in [0.717, 1.165) is 31.5 Å². The molecular weight excluding hydrogens is 282 g/mol. The van der Waals surface area contributed by atoms with Gasteiger partial charge in [0.05, 0.1) is 11.8 Å². The summed E-state index contributed by atoms with van der Waals surface area (Å²) >= 11 is 0. The van der Waals surface area contributed by atoms with Gasteiger partial charge in [-0.1, -0.05) is 20.8 Å². The predicted octanol–water partition coefficient (Wildman–Crippen LogP) is 3.08. The van der Waals surface area contributed by atoms with Gasteiger partial charge in [0.1, 0.15) is 6.26 Å². The fourth-order valence-corrected chi connectivity index (χ4v) is 2.71. The maximum Gasteiger partial charge on any atom is 0.250 e. The number of nitrogens with zero attached hydrogens (tertiary/aromatic N) is 3.